The van der Waals surface area contributed by atoms with Gasteiger partial charge in [-0.1, -0.05) is 12.1 Å². The van der Waals surface area contributed by atoms with E-state index in [0.717, 1.165) is 6.07 Å². The molecule has 1 heterocycles. The molecule has 4 nitrogen and oxygen atoms in total. The van der Waals surface area contributed by atoms with Crippen LogP contribution in [0.15, 0.2) is 24.3 Å². The lowest BCUT2D eigenvalue weighted by molar-refractivity contribution is 0.0459. The summed E-state index contributed by atoms with van der Waals surface area (Å²) in [4.78, 5) is 3.84. The van der Waals surface area contributed by atoms with Crippen molar-refractivity contribution >= 4 is 11.0 Å². The lowest BCUT2D eigenvalue weighted by atomic mass is 10.3. The molecule has 0 spiro atoms. The number of ether oxygens (including phenoxy) is 1. The van der Waals surface area contributed by atoms with Gasteiger partial charge in [0.1, 0.15) is 6.07 Å². The minimum atomic E-state index is -3.60. The van der Waals surface area contributed by atoms with Crippen LogP contribution in [0.3, 0.4) is 0 Å². The molecule has 0 radical (unpaired) electrons. The second-order valence-electron chi connectivity index (χ2n) is 3.75. The highest BCUT2D eigenvalue weighted by Gasteiger charge is 2.37. The topological polar surface area (TPSA) is 50.8 Å². The largest absolute Gasteiger partial charge is 0.388 e. The predicted molar refractivity (Wildman–Crippen MR) is 61.1 cm³/mol. The van der Waals surface area contributed by atoms with Gasteiger partial charge in [-0.25, -0.2) is 4.98 Å². The lowest BCUT2D eigenvalue weighted by Crippen LogP contribution is -2.19. The van der Waals surface area contributed by atoms with Gasteiger partial charge in [0.25, 0.3) is 0 Å². The molecule has 18 heavy (non-hydrogen) atoms. The first-order valence-corrected chi connectivity index (χ1v) is 5.34. The molecule has 0 bridgehead atoms. The maximum absolute atomic E-state index is 13.5. The Bertz CT molecular complexity index is 601. The maximum atomic E-state index is 13.5. The Morgan fingerprint density at radius 3 is 2.83 bits per heavy atom. The van der Waals surface area contributed by atoms with E-state index >= 15 is 0 Å². The SMILES string of the molecule is COCCn1c(C(F)(F)C#N)nc2ccccc21. The van der Waals surface area contributed by atoms with Crippen molar-refractivity contribution in [3.8, 4) is 6.07 Å². The Labute approximate surface area is 102 Å². The maximum Gasteiger partial charge on any atom is 0.388 e. The lowest BCUT2D eigenvalue weighted by Gasteiger charge is -2.11. The second-order valence-corrected chi connectivity index (χ2v) is 3.75. The molecule has 1 aromatic heterocycles. The summed E-state index contributed by atoms with van der Waals surface area (Å²) in [6.45, 7) is 0.498. The average molecular weight is 251 g/mol. The quantitative estimate of drug-likeness (QED) is 0.837. The summed E-state index contributed by atoms with van der Waals surface area (Å²) in [7, 11) is 1.49. The molecule has 0 saturated carbocycles. The molecule has 1 aromatic carbocycles. The smallest absolute Gasteiger partial charge is 0.383 e. The normalized spacial score (nSPS) is 11.7. The number of halogens is 2. The van der Waals surface area contributed by atoms with E-state index in [0.29, 0.717) is 11.0 Å². The van der Waals surface area contributed by atoms with Crippen LogP contribution >= 0.6 is 0 Å². The highest BCUT2D eigenvalue weighted by Crippen LogP contribution is 2.29. The Morgan fingerprint density at radius 1 is 1.44 bits per heavy atom. The minimum absolute atomic E-state index is 0.226. The molecule has 0 unspecified atom stereocenters. The van der Waals surface area contributed by atoms with Crippen LogP contribution in [0.4, 0.5) is 8.78 Å². The van der Waals surface area contributed by atoms with Gasteiger partial charge in [0.2, 0.25) is 0 Å². The van der Waals surface area contributed by atoms with Gasteiger partial charge in [-0.05, 0) is 12.1 Å². The monoisotopic (exact) mass is 251 g/mol. The van der Waals surface area contributed by atoms with Crippen LogP contribution in [-0.2, 0) is 17.2 Å². The van der Waals surface area contributed by atoms with Crippen LogP contribution in [0.5, 0.6) is 0 Å². The number of benzene rings is 1. The highest BCUT2D eigenvalue weighted by atomic mass is 19.3. The molecule has 2 rings (SSSR count). The van der Waals surface area contributed by atoms with E-state index in [1.807, 2.05) is 0 Å². The molecule has 0 saturated heterocycles. The van der Waals surface area contributed by atoms with Gasteiger partial charge >= 0.3 is 5.92 Å². The zero-order valence-corrected chi connectivity index (χ0v) is 9.73. The number of nitriles is 1. The van der Waals surface area contributed by atoms with E-state index in [9.17, 15) is 8.78 Å². The van der Waals surface area contributed by atoms with Crippen molar-refractivity contribution in [1.29, 1.82) is 5.26 Å². The molecule has 0 atom stereocenters. The summed E-state index contributed by atoms with van der Waals surface area (Å²) in [5, 5.41) is 8.54. The molecular weight excluding hydrogens is 240 g/mol. The van der Waals surface area contributed by atoms with E-state index in [1.54, 1.807) is 24.3 Å². The first kappa shape index (κ1) is 12.5. The van der Waals surface area contributed by atoms with Gasteiger partial charge in [-0.2, -0.15) is 14.0 Å². The molecule has 0 amide bonds. The number of hydrogen-bond acceptors (Lipinski definition) is 3. The molecule has 2 aromatic rings. The first-order valence-electron chi connectivity index (χ1n) is 5.34. The average Bonchev–Trinajstić information content (AvgIpc) is 2.76. The van der Waals surface area contributed by atoms with Crippen LogP contribution in [-0.4, -0.2) is 23.3 Å². The predicted octanol–water partition coefficient (Wildman–Crippen LogP) is 2.30. The van der Waals surface area contributed by atoms with Crippen molar-refractivity contribution in [3.63, 3.8) is 0 Å². The van der Waals surface area contributed by atoms with E-state index in [2.05, 4.69) is 4.98 Å². The van der Waals surface area contributed by atoms with Gasteiger partial charge in [-0.3, -0.25) is 0 Å². The number of para-hydroxylation sites is 2. The van der Waals surface area contributed by atoms with Crippen molar-refractivity contribution in [2.24, 2.45) is 0 Å². The van der Waals surface area contributed by atoms with Gasteiger partial charge in [0.05, 0.1) is 17.6 Å². The van der Waals surface area contributed by atoms with Crippen LogP contribution in [0.2, 0.25) is 0 Å². The molecule has 0 fully saturated rings. The van der Waals surface area contributed by atoms with Crippen molar-refractivity contribution in [1.82, 2.24) is 9.55 Å². The zero-order valence-electron chi connectivity index (χ0n) is 9.73. The van der Waals surface area contributed by atoms with Crippen molar-refractivity contribution in [2.75, 3.05) is 13.7 Å². The third-order valence-corrected chi connectivity index (χ3v) is 2.59. The summed E-state index contributed by atoms with van der Waals surface area (Å²) in [5.74, 6) is -4.14. The molecule has 94 valence electrons. The molecule has 0 aliphatic rings. The van der Waals surface area contributed by atoms with E-state index in [1.165, 1.54) is 11.7 Å². The number of alkyl halides is 2. The third kappa shape index (κ3) is 2.05. The van der Waals surface area contributed by atoms with Gasteiger partial charge < -0.3 is 9.30 Å². The summed E-state index contributed by atoms with van der Waals surface area (Å²) >= 11 is 0. The van der Waals surface area contributed by atoms with Gasteiger partial charge in [-0.15, -0.1) is 0 Å². The number of hydrogen-bond donors (Lipinski definition) is 0. The highest BCUT2D eigenvalue weighted by molar-refractivity contribution is 5.76. The number of aromatic nitrogens is 2. The van der Waals surface area contributed by atoms with Crippen molar-refractivity contribution < 1.29 is 13.5 Å². The molecule has 0 aliphatic carbocycles. The van der Waals surface area contributed by atoms with Crippen molar-refractivity contribution in [3.05, 3.63) is 30.1 Å². The summed E-state index contributed by atoms with van der Waals surface area (Å²) in [5.41, 5.74) is 1.01. The Balaban J connectivity index is 2.61. The third-order valence-electron chi connectivity index (χ3n) is 2.59. The van der Waals surface area contributed by atoms with E-state index in [-0.39, 0.29) is 13.2 Å². The standard InChI is InChI=1S/C12H11F2N3O/c1-18-7-6-17-10-5-3-2-4-9(10)16-11(17)12(13,14)8-15/h2-5H,6-7H2,1H3. The fourth-order valence-corrected chi connectivity index (χ4v) is 1.77. The van der Waals surface area contributed by atoms with E-state index in [4.69, 9.17) is 10.00 Å². The summed E-state index contributed by atoms with van der Waals surface area (Å²) in [6.07, 6.45) is 0. The van der Waals surface area contributed by atoms with Gasteiger partial charge in [0.15, 0.2) is 5.82 Å². The van der Waals surface area contributed by atoms with Gasteiger partial charge in [0, 0.05) is 13.7 Å². The Kier molecular flexibility index (Phi) is 3.26. The number of nitrogens with zero attached hydrogens (tertiary/aromatic N) is 3. The molecule has 0 aliphatic heterocycles. The number of methoxy groups -OCH3 is 1. The fraction of sp³-hybridized carbons (Fsp3) is 0.333. The van der Waals surface area contributed by atoms with E-state index < -0.39 is 11.7 Å². The molecule has 0 N–H and O–H groups in total. The second kappa shape index (κ2) is 4.70. The number of rotatable bonds is 4. The number of fused-ring (bicyclic) bond motifs is 1. The minimum Gasteiger partial charge on any atom is -0.383 e. The van der Waals surface area contributed by atoms with Crippen LogP contribution in [0, 0.1) is 11.3 Å². The summed E-state index contributed by atoms with van der Waals surface area (Å²) < 4.78 is 33.3. The zero-order chi connectivity index (χ0) is 13.2. The molecular formula is C12H11F2N3O. The summed E-state index contributed by atoms with van der Waals surface area (Å²) in [6, 6.07) is 7.75. The first-order chi connectivity index (χ1) is 8.60. The van der Waals surface area contributed by atoms with Crippen LogP contribution in [0.1, 0.15) is 5.82 Å². The molecule has 6 heteroatoms. The Morgan fingerprint density at radius 2 is 2.17 bits per heavy atom. The van der Waals surface area contributed by atoms with Crippen LogP contribution < -0.4 is 0 Å². The fourth-order valence-electron chi connectivity index (χ4n) is 1.77. The number of imidazole rings is 1. The Hall–Kier alpha value is -2.00. The van der Waals surface area contributed by atoms with Crippen molar-refractivity contribution in [2.45, 2.75) is 12.5 Å². The van der Waals surface area contributed by atoms with Crippen LogP contribution in [0.25, 0.3) is 11.0 Å².